The summed E-state index contributed by atoms with van der Waals surface area (Å²) >= 11 is 1.04. The molecule has 144 valence electrons. The van der Waals surface area contributed by atoms with Crippen LogP contribution >= 0.6 is 11.3 Å². The molecule has 1 aromatic carbocycles. The number of carbonyl (C=O) groups is 2. The molecule has 0 atom stereocenters. The number of rotatable bonds is 6. The van der Waals surface area contributed by atoms with Crippen LogP contribution < -0.4 is 15.4 Å². The number of hydrogen-bond donors (Lipinski definition) is 2. The van der Waals surface area contributed by atoms with Gasteiger partial charge in [-0.05, 0) is 43.3 Å². The van der Waals surface area contributed by atoms with E-state index in [1.165, 1.54) is 12.1 Å². The highest BCUT2D eigenvalue weighted by molar-refractivity contribution is 7.14. The van der Waals surface area contributed by atoms with Gasteiger partial charge in [0.1, 0.15) is 10.6 Å². The molecular weight excluding hydrogens is 388 g/mol. The van der Waals surface area contributed by atoms with Crippen molar-refractivity contribution in [3.63, 3.8) is 0 Å². The predicted molar refractivity (Wildman–Crippen MR) is 102 cm³/mol. The Morgan fingerprint density at radius 3 is 2.46 bits per heavy atom. The van der Waals surface area contributed by atoms with Crippen molar-refractivity contribution in [1.29, 1.82) is 0 Å². The number of alkyl halides is 2. The number of hydrogen-bond acceptors (Lipinski definition) is 5. The third-order valence-electron chi connectivity index (χ3n) is 3.56. The van der Waals surface area contributed by atoms with Gasteiger partial charge in [-0.15, -0.1) is 11.3 Å². The van der Waals surface area contributed by atoms with E-state index in [4.69, 9.17) is 0 Å². The van der Waals surface area contributed by atoms with Crippen LogP contribution in [0, 0.1) is 6.92 Å². The number of pyridine rings is 1. The van der Waals surface area contributed by atoms with E-state index in [-0.39, 0.29) is 16.5 Å². The number of thiophene rings is 1. The molecule has 0 saturated carbocycles. The lowest BCUT2D eigenvalue weighted by Crippen LogP contribution is -2.15. The van der Waals surface area contributed by atoms with Crippen LogP contribution in [0.15, 0.2) is 54.9 Å². The third-order valence-corrected chi connectivity index (χ3v) is 4.59. The van der Waals surface area contributed by atoms with Crippen LogP contribution in [0.25, 0.3) is 0 Å². The molecule has 0 aliphatic rings. The number of aryl methyl sites for hydroxylation is 1. The van der Waals surface area contributed by atoms with Crippen LogP contribution in [0.5, 0.6) is 5.75 Å². The van der Waals surface area contributed by atoms with Crippen LogP contribution in [0.1, 0.15) is 24.9 Å². The van der Waals surface area contributed by atoms with Gasteiger partial charge in [0, 0.05) is 34.2 Å². The average Bonchev–Trinajstić information content (AvgIpc) is 3.02. The van der Waals surface area contributed by atoms with Gasteiger partial charge < -0.3 is 15.4 Å². The molecule has 0 aliphatic carbocycles. The largest absolute Gasteiger partial charge is 0.433 e. The summed E-state index contributed by atoms with van der Waals surface area (Å²) in [5.41, 5.74) is 1.25. The highest BCUT2D eigenvalue weighted by Gasteiger charge is 2.19. The zero-order valence-corrected chi connectivity index (χ0v) is 15.4. The van der Waals surface area contributed by atoms with Gasteiger partial charge in [-0.25, -0.2) is 0 Å². The van der Waals surface area contributed by atoms with Crippen molar-refractivity contribution in [2.24, 2.45) is 0 Å². The Morgan fingerprint density at radius 2 is 1.75 bits per heavy atom. The van der Waals surface area contributed by atoms with Crippen molar-refractivity contribution in [3.05, 3.63) is 70.2 Å². The van der Waals surface area contributed by atoms with Crippen LogP contribution in [-0.2, 0) is 0 Å². The second-order valence-electron chi connectivity index (χ2n) is 5.65. The molecule has 9 heteroatoms. The Hall–Kier alpha value is -3.33. The molecule has 2 N–H and O–H groups in total. The molecule has 3 rings (SSSR count). The standard InChI is InChI=1S/C19H15F2N3O3S/c1-11-9-15(27-19(20)21)16(28-11)18(26)24-14-4-2-3-12(10-14)17(25)23-13-5-7-22-8-6-13/h2-10,19H,1H3,(H,24,26)(H,22,23,25). The van der Waals surface area contributed by atoms with Gasteiger partial charge >= 0.3 is 6.61 Å². The van der Waals surface area contributed by atoms with E-state index in [2.05, 4.69) is 20.4 Å². The number of aromatic nitrogens is 1. The normalized spacial score (nSPS) is 10.6. The van der Waals surface area contributed by atoms with Gasteiger partial charge in [-0.2, -0.15) is 8.78 Å². The van der Waals surface area contributed by atoms with E-state index in [0.29, 0.717) is 21.8 Å². The Kier molecular flexibility index (Phi) is 5.95. The van der Waals surface area contributed by atoms with Crippen LogP contribution in [0.2, 0.25) is 0 Å². The van der Waals surface area contributed by atoms with Gasteiger partial charge in [0.2, 0.25) is 0 Å². The molecule has 2 heterocycles. The van der Waals surface area contributed by atoms with E-state index >= 15 is 0 Å². The summed E-state index contributed by atoms with van der Waals surface area (Å²) in [6.07, 6.45) is 3.10. The fourth-order valence-corrected chi connectivity index (χ4v) is 3.24. The van der Waals surface area contributed by atoms with Gasteiger partial charge in [0.05, 0.1) is 0 Å². The van der Waals surface area contributed by atoms with Crippen molar-refractivity contribution < 1.29 is 23.1 Å². The first-order valence-electron chi connectivity index (χ1n) is 8.10. The average molecular weight is 403 g/mol. The molecular formula is C19H15F2N3O3S. The SMILES string of the molecule is Cc1cc(OC(F)F)c(C(=O)Nc2cccc(C(=O)Nc3ccncc3)c2)s1. The summed E-state index contributed by atoms with van der Waals surface area (Å²) in [7, 11) is 0. The summed E-state index contributed by atoms with van der Waals surface area (Å²) in [5.74, 6) is -1.14. The molecule has 0 fully saturated rings. The lowest BCUT2D eigenvalue weighted by Gasteiger charge is -2.09. The summed E-state index contributed by atoms with van der Waals surface area (Å²) in [6.45, 7) is -1.34. The molecule has 2 aromatic heterocycles. The number of anilines is 2. The molecule has 0 saturated heterocycles. The van der Waals surface area contributed by atoms with E-state index in [1.807, 2.05) is 0 Å². The van der Waals surface area contributed by atoms with E-state index < -0.39 is 12.5 Å². The van der Waals surface area contributed by atoms with Crippen molar-refractivity contribution >= 4 is 34.5 Å². The van der Waals surface area contributed by atoms with Gasteiger partial charge in [-0.1, -0.05) is 6.07 Å². The first-order chi connectivity index (χ1) is 13.4. The molecule has 6 nitrogen and oxygen atoms in total. The highest BCUT2D eigenvalue weighted by Crippen LogP contribution is 2.31. The zero-order valence-electron chi connectivity index (χ0n) is 14.6. The Labute approximate surface area is 163 Å². The highest BCUT2D eigenvalue weighted by atomic mass is 32.1. The topological polar surface area (TPSA) is 80.3 Å². The number of halogens is 2. The number of nitrogens with one attached hydrogen (secondary N) is 2. The predicted octanol–water partition coefficient (Wildman–Crippen LogP) is 4.56. The first kappa shape index (κ1) is 19.4. The summed E-state index contributed by atoms with van der Waals surface area (Å²) < 4.78 is 29.4. The van der Waals surface area contributed by atoms with Crippen molar-refractivity contribution in [3.8, 4) is 5.75 Å². The zero-order chi connectivity index (χ0) is 20.1. The Bertz CT molecular complexity index is 993. The number of amides is 2. The lowest BCUT2D eigenvalue weighted by atomic mass is 10.2. The minimum atomic E-state index is -3.03. The van der Waals surface area contributed by atoms with Crippen LogP contribution in [0.4, 0.5) is 20.2 Å². The number of benzene rings is 1. The minimum absolute atomic E-state index is 0.0319. The molecule has 3 aromatic rings. The molecule has 28 heavy (non-hydrogen) atoms. The van der Waals surface area contributed by atoms with Crippen LogP contribution in [-0.4, -0.2) is 23.4 Å². The second-order valence-corrected chi connectivity index (χ2v) is 6.91. The number of carbonyl (C=O) groups excluding carboxylic acids is 2. The molecule has 2 amide bonds. The smallest absolute Gasteiger partial charge is 0.387 e. The summed E-state index contributed by atoms with van der Waals surface area (Å²) in [4.78, 5) is 29.4. The van der Waals surface area contributed by atoms with Gasteiger partial charge in [-0.3, -0.25) is 14.6 Å². The first-order valence-corrected chi connectivity index (χ1v) is 8.92. The minimum Gasteiger partial charge on any atom is -0.433 e. The molecule has 0 radical (unpaired) electrons. The number of ether oxygens (including phenoxy) is 1. The lowest BCUT2D eigenvalue weighted by molar-refractivity contribution is -0.0498. The summed E-state index contributed by atoms with van der Waals surface area (Å²) in [6, 6.07) is 10.9. The van der Waals surface area contributed by atoms with Crippen LogP contribution in [0.3, 0.4) is 0 Å². The molecule has 0 bridgehead atoms. The van der Waals surface area contributed by atoms with Gasteiger partial charge in [0.15, 0.2) is 0 Å². The second kappa shape index (κ2) is 8.57. The van der Waals surface area contributed by atoms with Crippen molar-refractivity contribution in [1.82, 2.24) is 4.98 Å². The molecule has 0 unspecified atom stereocenters. The van der Waals surface area contributed by atoms with E-state index in [0.717, 1.165) is 11.3 Å². The number of nitrogens with zero attached hydrogens (tertiary/aromatic N) is 1. The Balaban J connectivity index is 1.74. The monoisotopic (exact) mass is 403 g/mol. The van der Waals surface area contributed by atoms with Crippen molar-refractivity contribution in [2.75, 3.05) is 10.6 Å². The van der Waals surface area contributed by atoms with Crippen molar-refractivity contribution in [2.45, 2.75) is 13.5 Å². The summed E-state index contributed by atoms with van der Waals surface area (Å²) in [5, 5.41) is 5.31. The molecule has 0 spiro atoms. The van der Waals surface area contributed by atoms with E-state index in [1.54, 1.807) is 49.6 Å². The maximum absolute atomic E-state index is 12.5. The maximum Gasteiger partial charge on any atom is 0.387 e. The van der Waals surface area contributed by atoms with E-state index in [9.17, 15) is 18.4 Å². The maximum atomic E-state index is 12.5. The fraction of sp³-hybridized carbons (Fsp3) is 0.105. The third kappa shape index (κ3) is 4.89. The quantitative estimate of drug-likeness (QED) is 0.632. The molecule has 0 aliphatic heterocycles. The fourth-order valence-electron chi connectivity index (χ4n) is 2.40. The van der Waals surface area contributed by atoms with Gasteiger partial charge in [0.25, 0.3) is 11.8 Å². The Morgan fingerprint density at radius 1 is 1.04 bits per heavy atom.